The molecule has 0 aromatic carbocycles. The van der Waals surface area contributed by atoms with Gasteiger partial charge in [0.25, 0.3) is 11.8 Å². The lowest BCUT2D eigenvalue weighted by molar-refractivity contribution is -0.150. The molecule has 14 nitrogen and oxygen atoms in total. The normalized spacial score (nSPS) is 19.2. The molecule has 1 saturated heterocycles. The van der Waals surface area contributed by atoms with Crippen molar-refractivity contribution < 1.29 is 19.5 Å². The number of hydrogen-bond donors (Lipinski definition) is 6. The molecule has 2 amide bonds. The molecule has 1 unspecified atom stereocenters. The average molecular weight is 666 g/mol. The van der Waals surface area contributed by atoms with E-state index in [4.69, 9.17) is 28.8 Å². The maximum atomic E-state index is 13.1. The SMILES string of the molecule is NCCNc1nc(CSCCN)c(SC2=C(C(=O)O)N3C(=O)[C@@H](NC(=O)C(N=O)c4nc(N)sc4Cl)[C@@H]3SC2)s1. The number of hydrogen-bond acceptors (Lipinski definition) is 16. The van der Waals surface area contributed by atoms with Gasteiger partial charge in [-0.1, -0.05) is 46.0 Å². The van der Waals surface area contributed by atoms with Crippen LogP contribution in [0.1, 0.15) is 17.4 Å². The van der Waals surface area contributed by atoms with E-state index < -0.39 is 35.2 Å². The van der Waals surface area contributed by atoms with Crippen molar-refractivity contribution in [1.82, 2.24) is 20.2 Å². The number of nitroso groups, excluding NO2 is 1. The van der Waals surface area contributed by atoms with E-state index in [0.29, 0.717) is 35.4 Å². The number of thiazole rings is 2. The van der Waals surface area contributed by atoms with E-state index in [2.05, 4.69) is 25.8 Å². The molecular weight excluding hydrogens is 642 g/mol. The lowest BCUT2D eigenvalue weighted by Crippen LogP contribution is -2.70. The highest BCUT2D eigenvalue weighted by molar-refractivity contribution is 8.07. The molecule has 20 heteroatoms. The summed E-state index contributed by atoms with van der Waals surface area (Å²) in [4.78, 5) is 59.8. The predicted octanol–water partition coefficient (Wildman–Crippen LogP) is 1.69. The second-order valence-corrected chi connectivity index (χ2v) is 14.3. The number of nitrogens with zero attached hydrogens (tertiary/aromatic N) is 4. The topological polar surface area (TPSA) is 232 Å². The molecule has 0 aliphatic carbocycles. The summed E-state index contributed by atoms with van der Waals surface area (Å²) in [6, 6.07) is -2.67. The van der Waals surface area contributed by atoms with E-state index in [0.717, 1.165) is 31.9 Å². The Morgan fingerprint density at radius 1 is 1.27 bits per heavy atom. The average Bonchev–Trinajstić information content (AvgIpc) is 3.47. The number of aliphatic carboxylic acids is 1. The largest absolute Gasteiger partial charge is 0.477 e. The number of nitrogens with one attached hydrogen (secondary N) is 2. The maximum Gasteiger partial charge on any atom is 0.353 e. The van der Waals surface area contributed by atoms with Crippen LogP contribution in [0.5, 0.6) is 0 Å². The van der Waals surface area contributed by atoms with Crippen LogP contribution in [0.4, 0.5) is 10.3 Å². The van der Waals surface area contributed by atoms with Gasteiger partial charge in [0.2, 0.25) is 6.04 Å². The minimum absolute atomic E-state index is 0.0360. The molecule has 0 radical (unpaired) electrons. The zero-order valence-electron chi connectivity index (χ0n) is 20.5. The molecule has 1 fully saturated rings. The standard InChI is InChI=1S/C20H24ClN9O5S5/c21-13-9(28-19(24)39-13)10(29-35)14(31)27-11-15(32)30-12(17(33)34)8(6-37-16(11)30)38-18-7(5-36-4-2-23)26-20(40-18)25-3-1-22/h10-11,16H,1-6,22-23H2,(H2,24,28)(H,25,26)(H,27,31)(H,33,34)/t10?,11-,16+/m1/s1. The number of carboxylic acids is 1. The molecule has 9 N–H and O–H groups in total. The Morgan fingerprint density at radius 3 is 2.67 bits per heavy atom. The third kappa shape index (κ3) is 6.51. The summed E-state index contributed by atoms with van der Waals surface area (Å²) >= 11 is 12.4. The molecular formula is C20H24ClN9O5S5. The number of β-lactam (4-membered cyclic amide) rings is 1. The van der Waals surface area contributed by atoms with E-state index in [1.54, 1.807) is 11.8 Å². The van der Waals surface area contributed by atoms with Crippen molar-refractivity contribution in [2.24, 2.45) is 16.6 Å². The van der Waals surface area contributed by atoms with Crippen LogP contribution in [-0.4, -0.2) is 80.3 Å². The summed E-state index contributed by atoms with van der Waals surface area (Å²) < 4.78 is 0.836. The van der Waals surface area contributed by atoms with E-state index in [9.17, 15) is 24.4 Å². The molecule has 4 heterocycles. The van der Waals surface area contributed by atoms with E-state index in [1.165, 1.54) is 34.9 Å². The Kier molecular flexibility index (Phi) is 10.5. The molecule has 3 atom stereocenters. The van der Waals surface area contributed by atoms with Gasteiger partial charge in [0.15, 0.2) is 10.3 Å². The summed E-state index contributed by atoms with van der Waals surface area (Å²) in [5.41, 5.74) is 17.3. The first-order chi connectivity index (χ1) is 19.2. The van der Waals surface area contributed by atoms with Crippen molar-refractivity contribution in [1.29, 1.82) is 0 Å². The Morgan fingerprint density at radius 2 is 2.05 bits per heavy atom. The number of rotatable bonds is 14. The Hall–Kier alpha value is -2.13. The molecule has 2 aliphatic heterocycles. The molecule has 2 aromatic rings. The van der Waals surface area contributed by atoms with Crippen LogP contribution >= 0.6 is 69.6 Å². The van der Waals surface area contributed by atoms with Gasteiger partial charge in [0, 0.05) is 41.8 Å². The van der Waals surface area contributed by atoms with Gasteiger partial charge in [-0.2, -0.15) is 11.8 Å². The fraction of sp³-hybridized carbons (Fsp3) is 0.450. The Bertz CT molecular complexity index is 1340. The molecule has 2 aliphatic rings. The number of anilines is 2. The quantitative estimate of drug-likeness (QED) is 0.0958. The van der Waals surface area contributed by atoms with Crippen LogP contribution in [0.15, 0.2) is 20.0 Å². The predicted molar refractivity (Wildman–Crippen MR) is 160 cm³/mol. The van der Waals surface area contributed by atoms with Gasteiger partial charge in [0.1, 0.15) is 27.1 Å². The fourth-order valence-electron chi connectivity index (χ4n) is 3.75. The number of carboxylic acid groups (broad SMARTS) is 1. The van der Waals surface area contributed by atoms with Crippen LogP contribution in [0, 0.1) is 4.91 Å². The van der Waals surface area contributed by atoms with Crippen LogP contribution in [-0.2, 0) is 20.1 Å². The van der Waals surface area contributed by atoms with Gasteiger partial charge in [-0.3, -0.25) is 14.5 Å². The molecule has 0 bridgehead atoms. The first-order valence-corrected chi connectivity index (χ1v) is 16.6. The van der Waals surface area contributed by atoms with Gasteiger partial charge in [0.05, 0.1) is 9.90 Å². The van der Waals surface area contributed by atoms with Crippen molar-refractivity contribution in [3.05, 3.63) is 31.2 Å². The summed E-state index contributed by atoms with van der Waals surface area (Å²) in [7, 11) is 0. The zero-order valence-corrected chi connectivity index (χ0v) is 25.3. The third-order valence-electron chi connectivity index (χ3n) is 5.47. The molecule has 40 heavy (non-hydrogen) atoms. The molecule has 0 saturated carbocycles. The fourth-order valence-corrected chi connectivity index (χ4v) is 9.44. The highest BCUT2D eigenvalue weighted by Crippen LogP contribution is 2.48. The highest BCUT2D eigenvalue weighted by atomic mass is 35.5. The first-order valence-electron chi connectivity index (χ1n) is 11.5. The zero-order chi connectivity index (χ0) is 29.0. The molecule has 2 aromatic heterocycles. The number of halogens is 1. The van der Waals surface area contributed by atoms with Crippen LogP contribution in [0.25, 0.3) is 0 Å². The maximum absolute atomic E-state index is 13.1. The minimum Gasteiger partial charge on any atom is -0.477 e. The van der Waals surface area contributed by atoms with E-state index >= 15 is 0 Å². The highest BCUT2D eigenvalue weighted by Gasteiger charge is 2.55. The van der Waals surface area contributed by atoms with Crippen molar-refractivity contribution in [3.63, 3.8) is 0 Å². The van der Waals surface area contributed by atoms with Gasteiger partial charge in [-0.25, -0.2) is 14.8 Å². The van der Waals surface area contributed by atoms with Crippen molar-refractivity contribution in [3.8, 4) is 0 Å². The lowest BCUT2D eigenvalue weighted by atomic mass is 10.0. The van der Waals surface area contributed by atoms with Gasteiger partial charge < -0.3 is 32.9 Å². The number of carbonyl (C=O) groups excluding carboxylic acids is 2. The van der Waals surface area contributed by atoms with Gasteiger partial charge >= 0.3 is 5.97 Å². The Balaban J connectivity index is 1.53. The molecule has 0 spiro atoms. The monoisotopic (exact) mass is 665 g/mol. The van der Waals surface area contributed by atoms with Crippen molar-refractivity contribution in [2.75, 3.05) is 42.2 Å². The minimum atomic E-state index is -1.61. The number of amides is 2. The number of fused-ring (bicyclic) bond motifs is 1. The number of nitrogens with two attached hydrogens (primary N) is 3. The number of carbonyl (C=O) groups is 3. The van der Waals surface area contributed by atoms with Gasteiger partial charge in [-0.15, -0.1) is 16.7 Å². The van der Waals surface area contributed by atoms with Crippen molar-refractivity contribution >= 4 is 97.6 Å². The Labute approximate surface area is 253 Å². The third-order valence-corrected chi connectivity index (χ3v) is 11.4. The van der Waals surface area contributed by atoms with Crippen LogP contribution in [0.2, 0.25) is 4.34 Å². The summed E-state index contributed by atoms with van der Waals surface area (Å²) in [5.74, 6) is -1.18. The van der Waals surface area contributed by atoms with Crippen LogP contribution in [0.3, 0.4) is 0 Å². The number of aromatic nitrogens is 2. The first kappa shape index (κ1) is 30.8. The van der Waals surface area contributed by atoms with E-state index in [1.807, 2.05) is 0 Å². The van der Waals surface area contributed by atoms with Gasteiger partial charge in [-0.05, 0) is 5.18 Å². The van der Waals surface area contributed by atoms with E-state index in [-0.39, 0.29) is 26.6 Å². The molecule has 216 valence electrons. The second-order valence-electron chi connectivity index (χ2n) is 8.10. The summed E-state index contributed by atoms with van der Waals surface area (Å²) in [6.45, 7) is 1.48. The second kappa shape index (κ2) is 13.7. The summed E-state index contributed by atoms with van der Waals surface area (Å²) in [5, 5.41) is 18.5. The smallest absolute Gasteiger partial charge is 0.353 e. The molecule has 4 rings (SSSR count). The number of thioether (sulfide) groups is 3. The lowest BCUT2D eigenvalue weighted by Gasteiger charge is -2.49. The van der Waals surface area contributed by atoms with Crippen molar-refractivity contribution in [2.45, 2.75) is 27.4 Å². The summed E-state index contributed by atoms with van der Waals surface area (Å²) in [6.07, 6.45) is 0. The number of nitrogen functional groups attached to an aromatic ring is 1. The van der Waals surface area contributed by atoms with Crippen LogP contribution < -0.4 is 27.8 Å².